The van der Waals surface area contributed by atoms with Crippen molar-refractivity contribution in [1.29, 1.82) is 0 Å². The summed E-state index contributed by atoms with van der Waals surface area (Å²) in [6, 6.07) is 5.63. The maximum absolute atomic E-state index is 12.9. The van der Waals surface area contributed by atoms with E-state index >= 15 is 0 Å². The Morgan fingerprint density at radius 3 is 2.48 bits per heavy atom. The molecule has 1 aliphatic heterocycles. The number of carbonyl (C=O) groups is 1. The van der Waals surface area contributed by atoms with Crippen LogP contribution in [-0.2, 0) is 10.2 Å². The lowest BCUT2D eigenvalue weighted by molar-refractivity contribution is -0.134. The fourth-order valence-electron chi connectivity index (χ4n) is 3.76. The van der Waals surface area contributed by atoms with E-state index in [1.165, 1.54) is 0 Å². The summed E-state index contributed by atoms with van der Waals surface area (Å²) in [6.45, 7) is 6.50. The third kappa shape index (κ3) is 2.74. The first kappa shape index (κ1) is 16.3. The summed E-state index contributed by atoms with van der Waals surface area (Å²) in [5, 5.41) is 0. The largest absolute Gasteiger partial charge is 0.406 e. The van der Waals surface area contributed by atoms with Crippen LogP contribution in [0.3, 0.4) is 0 Å². The van der Waals surface area contributed by atoms with Gasteiger partial charge in [0, 0.05) is 5.69 Å². The van der Waals surface area contributed by atoms with Gasteiger partial charge in [-0.15, -0.1) is 0 Å². The van der Waals surface area contributed by atoms with Crippen LogP contribution >= 0.6 is 0 Å². The van der Waals surface area contributed by atoms with Crippen LogP contribution in [0.5, 0.6) is 0 Å². The second-order valence-electron chi connectivity index (χ2n) is 7.66. The van der Waals surface area contributed by atoms with Crippen LogP contribution < -0.4 is 4.90 Å². The lowest BCUT2D eigenvalue weighted by atomic mass is 9.85. The lowest BCUT2D eigenvalue weighted by Gasteiger charge is -2.21. The normalized spacial score (nSPS) is 25.9. The number of rotatable bonds is 3. The fourth-order valence-corrected chi connectivity index (χ4v) is 3.76. The molecule has 0 saturated heterocycles. The van der Waals surface area contributed by atoms with Crippen LogP contribution in [0, 0.1) is 11.8 Å². The van der Waals surface area contributed by atoms with Crippen molar-refractivity contribution in [3.05, 3.63) is 29.3 Å². The third-order valence-electron chi connectivity index (χ3n) is 5.23. The van der Waals surface area contributed by atoms with Crippen molar-refractivity contribution < 1.29 is 18.0 Å². The molecule has 1 fully saturated rings. The van der Waals surface area contributed by atoms with E-state index < -0.39 is 24.0 Å². The minimum atomic E-state index is -4.40. The highest BCUT2D eigenvalue weighted by Gasteiger charge is 2.48. The molecular formula is C18H22F3NO. The summed E-state index contributed by atoms with van der Waals surface area (Å²) in [5.41, 5.74) is 1.28. The first-order valence-electron chi connectivity index (χ1n) is 8.05. The number of anilines is 1. The molecule has 0 unspecified atom stereocenters. The monoisotopic (exact) mass is 325 g/mol. The number of halogens is 3. The molecular weight excluding hydrogens is 303 g/mol. The van der Waals surface area contributed by atoms with Gasteiger partial charge >= 0.3 is 6.18 Å². The number of nitrogens with zero attached hydrogens (tertiary/aromatic N) is 1. The van der Waals surface area contributed by atoms with Crippen LogP contribution in [0.25, 0.3) is 0 Å². The van der Waals surface area contributed by atoms with Crippen molar-refractivity contribution >= 4 is 11.6 Å². The molecule has 2 aliphatic rings. The Bertz CT molecular complexity index is 648. The Kier molecular flexibility index (Phi) is 3.54. The smallest absolute Gasteiger partial charge is 0.302 e. The minimum Gasteiger partial charge on any atom is -0.302 e. The average Bonchev–Trinajstić information content (AvgIpc) is 3.19. The molecule has 1 aromatic rings. The average molecular weight is 325 g/mol. The van der Waals surface area contributed by atoms with Crippen molar-refractivity contribution in [3.63, 3.8) is 0 Å². The quantitative estimate of drug-likeness (QED) is 0.793. The highest BCUT2D eigenvalue weighted by Crippen LogP contribution is 2.53. The van der Waals surface area contributed by atoms with Gasteiger partial charge in [0.1, 0.15) is 6.54 Å². The van der Waals surface area contributed by atoms with Gasteiger partial charge in [-0.05, 0) is 55.2 Å². The Hall–Kier alpha value is -1.52. The van der Waals surface area contributed by atoms with E-state index in [-0.39, 0.29) is 0 Å². The van der Waals surface area contributed by atoms with Gasteiger partial charge in [-0.25, -0.2) is 0 Å². The first-order valence-corrected chi connectivity index (χ1v) is 8.05. The molecule has 0 radical (unpaired) electrons. The molecule has 0 spiro atoms. The van der Waals surface area contributed by atoms with Gasteiger partial charge in [-0.3, -0.25) is 4.79 Å². The number of carbonyl (C=O) groups excluding carboxylic acids is 1. The number of hydrogen-bond donors (Lipinski definition) is 0. The van der Waals surface area contributed by atoms with E-state index in [4.69, 9.17) is 0 Å². The van der Waals surface area contributed by atoms with Crippen molar-refractivity contribution in [1.82, 2.24) is 0 Å². The molecule has 0 bridgehead atoms. The predicted molar refractivity (Wildman–Crippen MR) is 83.6 cm³/mol. The van der Waals surface area contributed by atoms with Crippen molar-refractivity contribution in [3.8, 4) is 0 Å². The maximum atomic E-state index is 12.9. The van der Waals surface area contributed by atoms with Gasteiger partial charge in [-0.1, -0.05) is 26.0 Å². The molecule has 2 nitrogen and oxygen atoms in total. The van der Waals surface area contributed by atoms with E-state index in [0.717, 1.165) is 16.9 Å². The van der Waals surface area contributed by atoms with Crippen molar-refractivity contribution in [2.45, 2.75) is 51.6 Å². The summed E-state index contributed by atoms with van der Waals surface area (Å²) in [7, 11) is 0. The summed E-state index contributed by atoms with van der Waals surface area (Å²) < 4.78 is 38.6. The molecule has 1 saturated carbocycles. The van der Waals surface area contributed by atoms with Gasteiger partial charge in [0.15, 0.2) is 0 Å². The Morgan fingerprint density at radius 1 is 1.30 bits per heavy atom. The summed E-state index contributed by atoms with van der Waals surface area (Å²) in [6.07, 6.45) is -3.32. The molecule has 1 aromatic carbocycles. The zero-order valence-corrected chi connectivity index (χ0v) is 13.9. The van der Waals surface area contributed by atoms with Gasteiger partial charge in [0.05, 0.1) is 5.41 Å². The van der Waals surface area contributed by atoms with Crippen LogP contribution in [-0.4, -0.2) is 18.6 Å². The van der Waals surface area contributed by atoms with Crippen molar-refractivity contribution in [2.75, 3.05) is 11.4 Å². The van der Waals surface area contributed by atoms with E-state index in [0.29, 0.717) is 29.0 Å². The van der Waals surface area contributed by atoms with Gasteiger partial charge in [-0.2, -0.15) is 13.2 Å². The first-order chi connectivity index (χ1) is 10.5. The van der Waals surface area contributed by atoms with Crippen LogP contribution in [0.4, 0.5) is 18.9 Å². The third-order valence-corrected chi connectivity index (χ3v) is 5.23. The molecule has 1 heterocycles. The second kappa shape index (κ2) is 4.99. The van der Waals surface area contributed by atoms with Crippen LogP contribution in [0.2, 0.25) is 0 Å². The predicted octanol–water partition coefficient (Wildman–Crippen LogP) is 4.63. The van der Waals surface area contributed by atoms with Gasteiger partial charge < -0.3 is 4.90 Å². The standard InChI is InChI=1S/C18H22F3NO/c1-10(2)12-8-13(12)11-5-6-14-15(7-11)22(9-18(19,20)21)16(23)17(14,3)4/h5-7,10,12-13H,8-9H2,1-4H3/t12-,13-/m1/s1. The molecule has 23 heavy (non-hydrogen) atoms. The molecule has 126 valence electrons. The molecule has 2 atom stereocenters. The highest BCUT2D eigenvalue weighted by atomic mass is 19.4. The number of benzene rings is 1. The Morgan fingerprint density at radius 2 is 1.96 bits per heavy atom. The summed E-state index contributed by atoms with van der Waals surface area (Å²) >= 11 is 0. The molecule has 1 amide bonds. The molecule has 5 heteroatoms. The topological polar surface area (TPSA) is 20.3 Å². The summed E-state index contributed by atoms with van der Waals surface area (Å²) in [4.78, 5) is 13.4. The molecule has 0 aromatic heterocycles. The van der Waals surface area contributed by atoms with E-state index in [9.17, 15) is 18.0 Å². The zero-order valence-electron chi connectivity index (χ0n) is 13.9. The SMILES string of the molecule is CC(C)[C@H]1C[C@@H]1c1ccc2c(c1)N(CC(F)(F)F)C(=O)C2(C)C. The van der Waals surface area contributed by atoms with Gasteiger partial charge in [0.2, 0.25) is 5.91 Å². The highest BCUT2D eigenvalue weighted by molar-refractivity contribution is 6.07. The van der Waals surface area contributed by atoms with Crippen molar-refractivity contribution in [2.24, 2.45) is 11.8 Å². The lowest BCUT2D eigenvalue weighted by Crippen LogP contribution is -2.41. The van der Waals surface area contributed by atoms with E-state index in [1.807, 2.05) is 12.1 Å². The fraction of sp³-hybridized carbons (Fsp3) is 0.611. The number of amides is 1. The Balaban J connectivity index is 1.98. The minimum absolute atomic E-state index is 0.409. The summed E-state index contributed by atoms with van der Waals surface area (Å²) in [5.74, 6) is 1.09. The van der Waals surface area contributed by atoms with Crippen LogP contribution in [0.15, 0.2) is 18.2 Å². The molecule has 0 N–H and O–H groups in total. The molecule has 3 rings (SSSR count). The van der Waals surface area contributed by atoms with E-state index in [1.54, 1.807) is 19.9 Å². The number of hydrogen-bond acceptors (Lipinski definition) is 1. The van der Waals surface area contributed by atoms with Crippen LogP contribution in [0.1, 0.15) is 51.2 Å². The Labute approximate surface area is 134 Å². The zero-order chi connectivity index (χ0) is 17.2. The number of alkyl halides is 3. The maximum Gasteiger partial charge on any atom is 0.406 e. The molecule has 1 aliphatic carbocycles. The number of fused-ring (bicyclic) bond motifs is 1. The van der Waals surface area contributed by atoms with E-state index in [2.05, 4.69) is 13.8 Å². The second-order valence-corrected chi connectivity index (χ2v) is 7.66. The van der Waals surface area contributed by atoms with Gasteiger partial charge in [0.25, 0.3) is 0 Å².